The molecule has 0 aliphatic carbocycles. The summed E-state index contributed by atoms with van der Waals surface area (Å²) in [7, 11) is 2.16. The molecule has 0 radical (unpaired) electrons. The molecule has 20 heavy (non-hydrogen) atoms. The number of hydrogen-bond acceptors (Lipinski definition) is 3. The van der Waals surface area contributed by atoms with Gasteiger partial charge in [-0.1, -0.05) is 43.3 Å². The van der Waals surface area contributed by atoms with Crippen LogP contribution in [0, 0.1) is 0 Å². The van der Waals surface area contributed by atoms with Gasteiger partial charge in [-0.25, -0.2) is 0 Å². The van der Waals surface area contributed by atoms with Crippen LogP contribution in [0.5, 0.6) is 0 Å². The highest BCUT2D eigenvalue weighted by molar-refractivity contribution is 5.19. The Balaban J connectivity index is 2.10. The number of nitrogens with one attached hydrogen (secondary N) is 1. The van der Waals surface area contributed by atoms with Crippen LogP contribution in [0.4, 0.5) is 0 Å². The Morgan fingerprint density at radius 1 is 1.10 bits per heavy atom. The molecule has 1 aromatic heterocycles. The van der Waals surface area contributed by atoms with E-state index >= 15 is 0 Å². The largest absolute Gasteiger partial charge is 0.315 e. The summed E-state index contributed by atoms with van der Waals surface area (Å²) in [5.41, 5.74) is 2.44. The third kappa shape index (κ3) is 4.15. The van der Waals surface area contributed by atoms with E-state index in [2.05, 4.69) is 65.6 Å². The molecule has 1 unspecified atom stereocenters. The van der Waals surface area contributed by atoms with Gasteiger partial charge in [-0.05, 0) is 31.3 Å². The highest BCUT2D eigenvalue weighted by Gasteiger charge is 2.16. The SMILES string of the molecule is CCNCC(c1ccccc1)N(C)Cc1ccccn1. The summed E-state index contributed by atoms with van der Waals surface area (Å²) in [5.74, 6) is 0. The molecule has 0 aliphatic rings. The third-order valence-corrected chi connectivity index (χ3v) is 3.44. The molecule has 3 nitrogen and oxygen atoms in total. The summed E-state index contributed by atoms with van der Waals surface area (Å²) in [6.07, 6.45) is 1.85. The van der Waals surface area contributed by atoms with Crippen molar-refractivity contribution in [1.29, 1.82) is 0 Å². The highest BCUT2D eigenvalue weighted by Crippen LogP contribution is 2.20. The zero-order valence-electron chi connectivity index (χ0n) is 12.3. The predicted octanol–water partition coefficient (Wildman–Crippen LogP) is 2.86. The number of likely N-dealkylation sites (N-methyl/N-ethyl adjacent to an activating group) is 2. The van der Waals surface area contributed by atoms with Gasteiger partial charge in [-0.3, -0.25) is 9.88 Å². The molecule has 0 fully saturated rings. The van der Waals surface area contributed by atoms with Gasteiger partial charge in [0.2, 0.25) is 0 Å². The van der Waals surface area contributed by atoms with Crippen molar-refractivity contribution in [1.82, 2.24) is 15.2 Å². The average molecular weight is 269 g/mol. The van der Waals surface area contributed by atoms with Crippen LogP contribution in [-0.2, 0) is 6.54 Å². The van der Waals surface area contributed by atoms with Crippen LogP contribution in [0.1, 0.15) is 24.2 Å². The van der Waals surface area contributed by atoms with E-state index in [0.29, 0.717) is 6.04 Å². The van der Waals surface area contributed by atoms with Crippen molar-refractivity contribution in [3.63, 3.8) is 0 Å². The first kappa shape index (κ1) is 14.7. The highest BCUT2D eigenvalue weighted by atomic mass is 15.2. The van der Waals surface area contributed by atoms with Crippen LogP contribution in [0.15, 0.2) is 54.7 Å². The summed E-state index contributed by atoms with van der Waals surface area (Å²) in [4.78, 5) is 6.76. The number of nitrogens with zero attached hydrogens (tertiary/aromatic N) is 2. The number of aromatic nitrogens is 1. The van der Waals surface area contributed by atoms with E-state index < -0.39 is 0 Å². The second kappa shape index (κ2) is 7.78. The average Bonchev–Trinajstić information content (AvgIpc) is 2.50. The maximum atomic E-state index is 4.41. The summed E-state index contributed by atoms with van der Waals surface area (Å²) >= 11 is 0. The number of rotatable bonds is 7. The molecule has 2 rings (SSSR count). The fourth-order valence-corrected chi connectivity index (χ4v) is 2.34. The minimum Gasteiger partial charge on any atom is -0.315 e. The molecule has 0 saturated carbocycles. The van der Waals surface area contributed by atoms with Crippen molar-refractivity contribution >= 4 is 0 Å². The zero-order chi connectivity index (χ0) is 14.2. The first-order valence-electron chi connectivity index (χ1n) is 7.17. The van der Waals surface area contributed by atoms with Crippen molar-refractivity contribution < 1.29 is 0 Å². The zero-order valence-corrected chi connectivity index (χ0v) is 12.3. The van der Waals surface area contributed by atoms with Crippen LogP contribution < -0.4 is 5.32 Å². The van der Waals surface area contributed by atoms with E-state index in [4.69, 9.17) is 0 Å². The number of hydrogen-bond donors (Lipinski definition) is 1. The number of pyridine rings is 1. The number of benzene rings is 1. The quantitative estimate of drug-likeness (QED) is 0.837. The lowest BCUT2D eigenvalue weighted by Gasteiger charge is -2.28. The minimum absolute atomic E-state index is 0.359. The molecule has 0 bridgehead atoms. The van der Waals surface area contributed by atoms with Gasteiger partial charge < -0.3 is 5.32 Å². The Morgan fingerprint density at radius 2 is 1.85 bits per heavy atom. The monoisotopic (exact) mass is 269 g/mol. The maximum Gasteiger partial charge on any atom is 0.0544 e. The van der Waals surface area contributed by atoms with Gasteiger partial charge in [0.25, 0.3) is 0 Å². The second-order valence-corrected chi connectivity index (χ2v) is 4.97. The van der Waals surface area contributed by atoms with E-state index in [0.717, 1.165) is 25.3 Å². The minimum atomic E-state index is 0.359. The maximum absolute atomic E-state index is 4.41. The van der Waals surface area contributed by atoms with Crippen LogP contribution in [0.25, 0.3) is 0 Å². The van der Waals surface area contributed by atoms with E-state index in [1.165, 1.54) is 5.56 Å². The summed E-state index contributed by atoms with van der Waals surface area (Å²) in [6.45, 7) is 4.93. The molecule has 106 valence electrons. The molecule has 0 spiro atoms. The molecule has 1 atom stereocenters. The Labute approximate surface area is 121 Å². The summed E-state index contributed by atoms with van der Waals surface area (Å²) in [5, 5.41) is 3.45. The Bertz CT molecular complexity index is 484. The van der Waals surface area contributed by atoms with Gasteiger partial charge >= 0.3 is 0 Å². The van der Waals surface area contributed by atoms with Crippen molar-refractivity contribution in [2.45, 2.75) is 19.5 Å². The topological polar surface area (TPSA) is 28.2 Å². The molecular weight excluding hydrogens is 246 g/mol. The molecule has 3 heteroatoms. The van der Waals surface area contributed by atoms with Crippen molar-refractivity contribution in [2.75, 3.05) is 20.1 Å². The van der Waals surface area contributed by atoms with Gasteiger partial charge in [0.05, 0.1) is 5.69 Å². The normalized spacial score (nSPS) is 12.6. The van der Waals surface area contributed by atoms with E-state index in [-0.39, 0.29) is 0 Å². The molecule has 1 N–H and O–H groups in total. The standard InChI is InChI=1S/C17H23N3/c1-3-18-13-17(15-9-5-4-6-10-15)20(2)14-16-11-7-8-12-19-16/h4-12,17-18H,3,13-14H2,1-2H3. The fraction of sp³-hybridized carbons (Fsp3) is 0.353. The first-order valence-corrected chi connectivity index (χ1v) is 7.17. The van der Waals surface area contributed by atoms with Crippen molar-refractivity contribution in [3.8, 4) is 0 Å². The van der Waals surface area contributed by atoms with Crippen LogP contribution in [0.3, 0.4) is 0 Å². The van der Waals surface area contributed by atoms with Crippen molar-refractivity contribution in [2.24, 2.45) is 0 Å². The van der Waals surface area contributed by atoms with Crippen LogP contribution in [-0.4, -0.2) is 30.0 Å². The van der Waals surface area contributed by atoms with Crippen molar-refractivity contribution in [3.05, 3.63) is 66.0 Å². The molecule has 0 saturated heterocycles. The molecular formula is C17H23N3. The second-order valence-electron chi connectivity index (χ2n) is 4.97. The molecule has 2 aromatic rings. The Kier molecular flexibility index (Phi) is 5.71. The van der Waals surface area contributed by atoms with Gasteiger partial charge in [0.1, 0.15) is 0 Å². The Hall–Kier alpha value is -1.71. The van der Waals surface area contributed by atoms with Gasteiger partial charge in [0, 0.05) is 25.3 Å². The van der Waals surface area contributed by atoms with Crippen LogP contribution in [0.2, 0.25) is 0 Å². The lowest BCUT2D eigenvalue weighted by atomic mass is 10.1. The van der Waals surface area contributed by atoms with E-state index in [9.17, 15) is 0 Å². The van der Waals surface area contributed by atoms with Crippen LogP contribution >= 0.6 is 0 Å². The molecule has 0 amide bonds. The van der Waals surface area contributed by atoms with Gasteiger partial charge in [-0.15, -0.1) is 0 Å². The molecule has 1 aromatic carbocycles. The first-order chi connectivity index (χ1) is 9.81. The molecule has 0 aliphatic heterocycles. The lowest BCUT2D eigenvalue weighted by molar-refractivity contribution is 0.228. The lowest BCUT2D eigenvalue weighted by Crippen LogP contribution is -2.33. The van der Waals surface area contributed by atoms with Gasteiger partial charge in [-0.2, -0.15) is 0 Å². The summed E-state index contributed by atoms with van der Waals surface area (Å²) < 4.78 is 0. The molecule has 1 heterocycles. The third-order valence-electron chi connectivity index (χ3n) is 3.44. The van der Waals surface area contributed by atoms with E-state index in [1.807, 2.05) is 18.3 Å². The van der Waals surface area contributed by atoms with Gasteiger partial charge in [0.15, 0.2) is 0 Å². The summed E-state index contributed by atoms with van der Waals surface area (Å²) in [6, 6.07) is 17.1. The van der Waals surface area contributed by atoms with E-state index in [1.54, 1.807) is 0 Å². The fourth-order valence-electron chi connectivity index (χ4n) is 2.34. The predicted molar refractivity (Wildman–Crippen MR) is 83.4 cm³/mol. The Morgan fingerprint density at radius 3 is 2.50 bits per heavy atom. The smallest absolute Gasteiger partial charge is 0.0544 e.